The van der Waals surface area contributed by atoms with Crippen LogP contribution in [0.3, 0.4) is 0 Å². The fourth-order valence-corrected chi connectivity index (χ4v) is 1.10. The van der Waals surface area contributed by atoms with E-state index in [1.807, 2.05) is 19.1 Å². The maximum absolute atomic E-state index is 5.49. The normalized spacial score (nSPS) is 10.4. The summed E-state index contributed by atoms with van der Waals surface area (Å²) in [5.41, 5.74) is 6.35. The molecule has 0 saturated carbocycles. The Bertz CT molecular complexity index is 418. The Kier molecular flexibility index (Phi) is 2.19. The predicted octanol–water partition coefficient (Wildman–Crippen LogP) is -0.176. The van der Waals surface area contributed by atoms with E-state index in [1.54, 1.807) is 4.68 Å². The lowest BCUT2D eigenvalue weighted by Crippen LogP contribution is -2.10. The molecule has 0 amide bonds. The molecule has 0 fully saturated rings. The van der Waals surface area contributed by atoms with Crippen LogP contribution in [-0.4, -0.2) is 25.0 Å². The van der Waals surface area contributed by atoms with Crippen molar-refractivity contribution in [1.82, 2.24) is 25.0 Å². The Morgan fingerprint density at radius 2 is 2.21 bits per heavy atom. The second kappa shape index (κ2) is 3.51. The van der Waals surface area contributed by atoms with E-state index in [1.165, 1.54) is 6.33 Å². The number of rotatable bonds is 2. The number of nitrogens with two attached hydrogens (primary N) is 1. The molecule has 0 aliphatic rings. The van der Waals surface area contributed by atoms with Crippen molar-refractivity contribution >= 4 is 0 Å². The second-order valence-electron chi connectivity index (χ2n) is 2.83. The van der Waals surface area contributed by atoms with Crippen LogP contribution >= 0.6 is 0 Å². The summed E-state index contributed by atoms with van der Waals surface area (Å²) in [6, 6.07) is 3.69. The van der Waals surface area contributed by atoms with Crippen LogP contribution in [0.1, 0.15) is 11.5 Å². The van der Waals surface area contributed by atoms with Crippen molar-refractivity contribution in [2.24, 2.45) is 5.73 Å². The lowest BCUT2D eigenvalue weighted by Gasteiger charge is -2.01. The molecule has 14 heavy (non-hydrogen) atoms. The largest absolute Gasteiger partial charge is 0.324 e. The smallest absolute Gasteiger partial charge is 0.177 e. The first-order chi connectivity index (χ1) is 6.81. The average Bonchev–Trinajstić information content (AvgIpc) is 2.67. The fourth-order valence-electron chi connectivity index (χ4n) is 1.10. The molecular weight excluding hydrogens is 180 g/mol. The van der Waals surface area contributed by atoms with E-state index in [0.29, 0.717) is 18.2 Å². The highest BCUT2D eigenvalue weighted by Crippen LogP contribution is 2.03. The Morgan fingerprint density at radius 3 is 2.86 bits per heavy atom. The van der Waals surface area contributed by atoms with Crippen molar-refractivity contribution in [1.29, 1.82) is 0 Å². The summed E-state index contributed by atoms with van der Waals surface area (Å²) in [4.78, 5) is 3.99. The van der Waals surface area contributed by atoms with E-state index in [-0.39, 0.29) is 0 Å². The molecule has 2 N–H and O–H groups in total. The molecule has 0 aromatic carbocycles. The van der Waals surface area contributed by atoms with Gasteiger partial charge in [0, 0.05) is 0 Å². The molecule has 2 aromatic heterocycles. The van der Waals surface area contributed by atoms with Crippen molar-refractivity contribution in [3.05, 3.63) is 30.0 Å². The van der Waals surface area contributed by atoms with Gasteiger partial charge < -0.3 is 5.73 Å². The van der Waals surface area contributed by atoms with Crippen molar-refractivity contribution in [2.75, 3.05) is 0 Å². The van der Waals surface area contributed by atoms with E-state index in [0.717, 1.165) is 5.69 Å². The molecule has 0 saturated heterocycles. The van der Waals surface area contributed by atoms with Crippen LogP contribution in [0.5, 0.6) is 0 Å². The maximum Gasteiger partial charge on any atom is 0.177 e. The monoisotopic (exact) mass is 190 g/mol. The van der Waals surface area contributed by atoms with E-state index in [4.69, 9.17) is 5.73 Å². The first-order valence-electron chi connectivity index (χ1n) is 4.21. The molecule has 0 spiro atoms. The second-order valence-corrected chi connectivity index (χ2v) is 2.83. The standard InChI is InChI=1S/C8H10N6/c1-6-2-3-7(13-12-6)14-8(4-9)10-5-11-14/h2-3,5H,4,9H2,1H3. The number of aromatic nitrogens is 5. The van der Waals surface area contributed by atoms with E-state index < -0.39 is 0 Å². The van der Waals surface area contributed by atoms with Crippen molar-refractivity contribution in [3.8, 4) is 5.82 Å². The summed E-state index contributed by atoms with van der Waals surface area (Å²) in [6.45, 7) is 2.21. The minimum absolute atomic E-state index is 0.329. The van der Waals surface area contributed by atoms with Gasteiger partial charge in [-0.3, -0.25) is 0 Å². The van der Waals surface area contributed by atoms with Crippen LogP contribution in [-0.2, 0) is 6.54 Å². The summed E-state index contributed by atoms with van der Waals surface area (Å²) in [6.07, 6.45) is 1.45. The summed E-state index contributed by atoms with van der Waals surface area (Å²) < 4.78 is 1.58. The van der Waals surface area contributed by atoms with Crippen molar-refractivity contribution in [3.63, 3.8) is 0 Å². The van der Waals surface area contributed by atoms with Gasteiger partial charge in [-0.25, -0.2) is 4.98 Å². The number of hydrogen-bond acceptors (Lipinski definition) is 5. The van der Waals surface area contributed by atoms with Crippen LogP contribution in [0.2, 0.25) is 0 Å². The Labute approximate surface area is 80.8 Å². The van der Waals surface area contributed by atoms with Gasteiger partial charge in [-0.05, 0) is 19.1 Å². The van der Waals surface area contributed by atoms with Gasteiger partial charge in [0.25, 0.3) is 0 Å². The van der Waals surface area contributed by atoms with Crippen molar-refractivity contribution < 1.29 is 0 Å². The summed E-state index contributed by atoms with van der Waals surface area (Å²) in [5.74, 6) is 1.30. The highest BCUT2D eigenvalue weighted by atomic mass is 15.4. The molecule has 0 aliphatic heterocycles. The highest BCUT2D eigenvalue weighted by Gasteiger charge is 2.05. The first-order valence-corrected chi connectivity index (χ1v) is 4.21. The van der Waals surface area contributed by atoms with Crippen LogP contribution in [0.25, 0.3) is 5.82 Å². The average molecular weight is 190 g/mol. The van der Waals surface area contributed by atoms with Gasteiger partial charge in [0.15, 0.2) is 5.82 Å². The third-order valence-corrected chi connectivity index (χ3v) is 1.80. The SMILES string of the molecule is Cc1ccc(-n2ncnc2CN)nn1. The Hall–Kier alpha value is -1.82. The zero-order chi connectivity index (χ0) is 9.97. The number of nitrogens with zero attached hydrogens (tertiary/aromatic N) is 5. The lowest BCUT2D eigenvalue weighted by molar-refractivity contribution is 0.747. The highest BCUT2D eigenvalue weighted by molar-refractivity contribution is 5.20. The number of aryl methyl sites for hydroxylation is 1. The minimum Gasteiger partial charge on any atom is -0.324 e. The molecule has 0 unspecified atom stereocenters. The topological polar surface area (TPSA) is 82.5 Å². The third kappa shape index (κ3) is 1.47. The van der Waals surface area contributed by atoms with Crippen LogP contribution in [0.4, 0.5) is 0 Å². The van der Waals surface area contributed by atoms with Gasteiger partial charge in [0.2, 0.25) is 0 Å². The van der Waals surface area contributed by atoms with Gasteiger partial charge >= 0.3 is 0 Å². The molecule has 0 radical (unpaired) electrons. The van der Waals surface area contributed by atoms with E-state index in [9.17, 15) is 0 Å². The molecule has 6 nitrogen and oxygen atoms in total. The quantitative estimate of drug-likeness (QED) is 0.710. The van der Waals surface area contributed by atoms with Crippen LogP contribution in [0, 0.1) is 6.92 Å². The third-order valence-electron chi connectivity index (χ3n) is 1.80. The Balaban J connectivity index is 2.44. The zero-order valence-electron chi connectivity index (χ0n) is 7.75. The number of hydrogen-bond donors (Lipinski definition) is 1. The van der Waals surface area contributed by atoms with Gasteiger partial charge in [-0.2, -0.15) is 14.9 Å². The summed E-state index contributed by atoms with van der Waals surface area (Å²) >= 11 is 0. The van der Waals surface area contributed by atoms with E-state index in [2.05, 4.69) is 20.3 Å². The van der Waals surface area contributed by atoms with E-state index >= 15 is 0 Å². The molecule has 2 rings (SSSR count). The predicted molar refractivity (Wildman–Crippen MR) is 49.6 cm³/mol. The molecule has 0 bridgehead atoms. The van der Waals surface area contributed by atoms with Gasteiger partial charge in [0.1, 0.15) is 12.2 Å². The zero-order valence-corrected chi connectivity index (χ0v) is 7.75. The molecule has 2 heterocycles. The summed E-state index contributed by atoms with van der Waals surface area (Å²) in [5, 5.41) is 11.9. The lowest BCUT2D eigenvalue weighted by atomic mass is 10.4. The molecule has 0 aliphatic carbocycles. The van der Waals surface area contributed by atoms with Crippen LogP contribution < -0.4 is 5.73 Å². The first kappa shape index (κ1) is 8.76. The fraction of sp³-hybridized carbons (Fsp3) is 0.250. The van der Waals surface area contributed by atoms with Gasteiger partial charge in [-0.1, -0.05) is 0 Å². The molecule has 2 aromatic rings. The minimum atomic E-state index is 0.329. The molecular formula is C8H10N6. The molecule has 6 heteroatoms. The van der Waals surface area contributed by atoms with Gasteiger partial charge in [0.05, 0.1) is 12.2 Å². The van der Waals surface area contributed by atoms with Gasteiger partial charge in [-0.15, -0.1) is 5.10 Å². The Morgan fingerprint density at radius 1 is 1.36 bits per heavy atom. The molecule has 0 atom stereocenters. The van der Waals surface area contributed by atoms with Crippen LogP contribution in [0.15, 0.2) is 18.5 Å². The van der Waals surface area contributed by atoms with Crippen molar-refractivity contribution in [2.45, 2.75) is 13.5 Å². The maximum atomic E-state index is 5.49. The summed E-state index contributed by atoms with van der Waals surface area (Å²) in [7, 11) is 0. The molecule has 72 valence electrons.